The van der Waals surface area contributed by atoms with Gasteiger partial charge in [-0.2, -0.15) is 5.10 Å². The van der Waals surface area contributed by atoms with Crippen molar-refractivity contribution in [2.24, 2.45) is 11.8 Å². The number of amides is 1. The molecule has 0 bridgehead atoms. The molecule has 1 aromatic heterocycles. The summed E-state index contributed by atoms with van der Waals surface area (Å²) in [5.41, 5.74) is 4.39. The van der Waals surface area contributed by atoms with Crippen molar-refractivity contribution in [3.8, 4) is 0 Å². The topological polar surface area (TPSA) is 72.9 Å². The second-order valence-corrected chi connectivity index (χ2v) is 3.93. The highest BCUT2D eigenvalue weighted by molar-refractivity contribution is 5.77. The molecule has 5 heteroatoms. The van der Waals surface area contributed by atoms with Crippen molar-refractivity contribution in [3.05, 3.63) is 17.5 Å². The Bertz CT molecular complexity index is 359. The number of nitrogens with two attached hydrogens (primary N) is 1. The summed E-state index contributed by atoms with van der Waals surface area (Å²) in [5.74, 6) is 4.78. The number of aromatic nitrogens is 2. The molecule has 0 aliphatic rings. The zero-order valence-electron chi connectivity index (χ0n) is 10.2. The van der Waals surface area contributed by atoms with Crippen LogP contribution in [0.2, 0.25) is 0 Å². The van der Waals surface area contributed by atoms with Crippen LogP contribution < -0.4 is 11.3 Å². The van der Waals surface area contributed by atoms with Crippen molar-refractivity contribution in [3.63, 3.8) is 0 Å². The summed E-state index contributed by atoms with van der Waals surface area (Å²) >= 11 is 0. The third-order valence-electron chi connectivity index (χ3n) is 2.68. The fourth-order valence-electron chi connectivity index (χ4n) is 1.61. The quantitative estimate of drug-likeness (QED) is 0.438. The molecule has 0 aliphatic carbocycles. The van der Waals surface area contributed by atoms with E-state index in [-0.39, 0.29) is 11.8 Å². The molecule has 0 radical (unpaired) electrons. The maximum Gasteiger partial charge on any atom is 0.238 e. The Morgan fingerprint density at radius 3 is 2.75 bits per heavy atom. The van der Waals surface area contributed by atoms with Crippen molar-refractivity contribution in [2.45, 2.75) is 40.2 Å². The molecule has 1 rings (SSSR count). The second kappa shape index (κ2) is 5.65. The van der Waals surface area contributed by atoms with Crippen LogP contribution in [-0.2, 0) is 24.2 Å². The van der Waals surface area contributed by atoms with E-state index in [9.17, 15) is 4.79 Å². The summed E-state index contributed by atoms with van der Waals surface area (Å²) < 4.78 is 1.90. The maximum atomic E-state index is 11.3. The van der Waals surface area contributed by atoms with Crippen molar-refractivity contribution in [1.29, 1.82) is 0 Å². The van der Waals surface area contributed by atoms with Crippen LogP contribution in [-0.4, -0.2) is 15.7 Å². The van der Waals surface area contributed by atoms with Gasteiger partial charge in [0.25, 0.3) is 0 Å². The average Bonchev–Trinajstić information content (AvgIpc) is 2.70. The summed E-state index contributed by atoms with van der Waals surface area (Å²) in [6.45, 7) is 6.57. The molecule has 1 aromatic rings. The Balaban J connectivity index is 2.79. The molecule has 0 saturated heterocycles. The standard InChI is InChI=1S/C11H20N4O/c1-4-9-6-10(5-2)15(14-9)7-8(3)11(16)13-12/h6,8H,4-5,7,12H2,1-3H3,(H,13,16). The molecule has 0 fully saturated rings. The Morgan fingerprint density at radius 1 is 1.56 bits per heavy atom. The zero-order valence-corrected chi connectivity index (χ0v) is 10.2. The van der Waals surface area contributed by atoms with Crippen molar-refractivity contribution in [2.75, 3.05) is 0 Å². The SMILES string of the molecule is CCc1cc(CC)n(CC(C)C(=O)NN)n1. The zero-order chi connectivity index (χ0) is 12.1. The molecule has 90 valence electrons. The van der Waals surface area contributed by atoms with Crippen LogP contribution in [0.4, 0.5) is 0 Å². The molecule has 0 aliphatic heterocycles. The van der Waals surface area contributed by atoms with Crippen LogP contribution in [0.5, 0.6) is 0 Å². The highest BCUT2D eigenvalue weighted by atomic mass is 16.2. The fraction of sp³-hybridized carbons (Fsp3) is 0.636. The molecule has 1 atom stereocenters. The minimum atomic E-state index is -0.167. The maximum absolute atomic E-state index is 11.3. The molecule has 5 nitrogen and oxygen atoms in total. The first-order chi connectivity index (χ1) is 7.62. The van der Waals surface area contributed by atoms with Gasteiger partial charge < -0.3 is 0 Å². The van der Waals surface area contributed by atoms with Crippen LogP contribution in [0.3, 0.4) is 0 Å². The summed E-state index contributed by atoms with van der Waals surface area (Å²) in [6.07, 6.45) is 1.83. The molecule has 16 heavy (non-hydrogen) atoms. The van der Waals surface area contributed by atoms with Crippen molar-refractivity contribution < 1.29 is 4.79 Å². The van der Waals surface area contributed by atoms with Gasteiger partial charge in [0, 0.05) is 5.69 Å². The van der Waals surface area contributed by atoms with Gasteiger partial charge in [-0.25, -0.2) is 5.84 Å². The van der Waals surface area contributed by atoms with Gasteiger partial charge in [0.05, 0.1) is 18.2 Å². The molecule has 0 saturated carbocycles. The number of hydrogen-bond acceptors (Lipinski definition) is 3. The van der Waals surface area contributed by atoms with Crippen LogP contribution in [0.15, 0.2) is 6.07 Å². The number of nitrogens with one attached hydrogen (secondary N) is 1. The number of carbonyl (C=O) groups excluding carboxylic acids is 1. The van der Waals surface area contributed by atoms with E-state index in [1.54, 1.807) is 0 Å². The lowest BCUT2D eigenvalue weighted by Gasteiger charge is -2.11. The van der Waals surface area contributed by atoms with Crippen molar-refractivity contribution >= 4 is 5.91 Å². The average molecular weight is 224 g/mol. The molecule has 0 spiro atoms. The Hall–Kier alpha value is -1.36. The molecule has 1 unspecified atom stereocenters. The van der Waals surface area contributed by atoms with E-state index in [0.29, 0.717) is 6.54 Å². The first-order valence-corrected chi connectivity index (χ1v) is 5.68. The Kier molecular flexibility index (Phi) is 4.49. The lowest BCUT2D eigenvalue weighted by atomic mass is 10.1. The van der Waals surface area contributed by atoms with Crippen LogP contribution >= 0.6 is 0 Å². The van der Waals surface area contributed by atoms with E-state index in [1.807, 2.05) is 11.6 Å². The number of carbonyl (C=O) groups is 1. The Labute approximate surface area is 96.0 Å². The number of hydrogen-bond donors (Lipinski definition) is 2. The fourth-order valence-corrected chi connectivity index (χ4v) is 1.61. The largest absolute Gasteiger partial charge is 0.294 e. The van der Waals surface area contributed by atoms with Gasteiger partial charge in [-0.1, -0.05) is 20.8 Å². The molecular weight excluding hydrogens is 204 g/mol. The van der Waals surface area contributed by atoms with Gasteiger partial charge in [-0.3, -0.25) is 14.9 Å². The number of nitrogens with zero attached hydrogens (tertiary/aromatic N) is 2. The third-order valence-corrected chi connectivity index (χ3v) is 2.68. The normalized spacial score (nSPS) is 12.5. The van der Waals surface area contributed by atoms with E-state index in [1.165, 1.54) is 0 Å². The highest BCUT2D eigenvalue weighted by Gasteiger charge is 2.14. The molecule has 3 N–H and O–H groups in total. The predicted octanol–water partition coefficient (Wildman–Crippen LogP) is 0.634. The predicted molar refractivity (Wildman–Crippen MR) is 62.5 cm³/mol. The van der Waals surface area contributed by atoms with Crippen LogP contribution in [0.1, 0.15) is 32.2 Å². The van der Waals surface area contributed by atoms with E-state index in [2.05, 4.69) is 30.4 Å². The monoisotopic (exact) mass is 224 g/mol. The summed E-state index contributed by atoms with van der Waals surface area (Å²) in [7, 11) is 0. The van der Waals surface area contributed by atoms with Crippen molar-refractivity contribution in [1.82, 2.24) is 15.2 Å². The van der Waals surface area contributed by atoms with Gasteiger partial charge in [0.1, 0.15) is 0 Å². The third kappa shape index (κ3) is 2.82. The number of aryl methyl sites for hydroxylation is 2. The van der Waals surface area contributed by atoms with Crippen LogP contribution in [0, 0.1) is 5.92 Å². The van der Waals surface area contributed by atoms with E-state index in [4.69, 9.17) is 5.84 Å². The van der Waals surface area contributed by atoms with Gasteiger partial charge in [-0.05, 0) is 18.9 Å². The van der Waals surface area contributed by atoms with Gasteiger partial charge in [-0.15, -0.1) is 0 Å². The molecule has 1 amide bonds. The minimum Gasteiger partial charge on any atom is -0.294 e. The van der Waals surface area contributed by atoms with Gasteiger partial charge in [0.15, 0.2) is 0 Å². The van der Waals surface area contributed by atoms with Gasteiger partial charge >= 0.3 is 0 Å². The van der Waals surface area contributed by atoms with E-state index in [0.717, 1.165) is 24.2 Å². The van der Waals surface area contributed by atoms with Crippen LogP contribution in [0.25, 0.3) is 0 Å². The Morgan fingerprint density at radius 2 is 2.25 bits per heavy atom. The molecule has 0 aromatic carbocycles. The highest BCUT2D eigenvalue weighted by Crippen LogP contribution is 2.09. The first-order valence-electron chi connectivity index (χ1n) is 5.68. The van der Waals surface area contributed by atoms with E-state index >= 15 is 0 Å². The van der Waals surface area contributed by atoms with E-state index < -0.39 is 0 Å². The smallest absolute Gasteiger partial charge is 0.238 e. The summed E-state index contributed by atoms with van der Waals surface area (Å²) in [4.78, 5) is 11.3. The lowest BCUT2D eigenvalue weighted by molar-refractivity contribution is -0.125. The molecule has 1 heterocycles. The minimum absolute atomic E-state index is 0.157. The molecular formula is C11H20N4O. The first kappa shape index (κ1) is 12.7. The number of hydrazine groups is 1. The van der Waals surface area contributed by atoms with Gasteiger partial charge in [0.2, 0.25) is 5.91 Å². The lowest BCUT2D eigenvalue weighted by Crippen LogP contribution is -2.36. The second-order valence-electron chi connectivity index (χ2n) is 3.93. The summed E-state index contributed by atoms with van der Waals surface area (Å²) in [6, 6.07) is 2.09. The summed E-state index contributed by atoms with van der Waals surface area (Å²) in [5, 5.41) is 4.45. The number of rotatable bonds is 5.